The lowest BCUT2D eigenvalue weighted by Gasteiger charge is -2.02. The lowest BCUT2D eigenvalue weighted by atomic mass is 9.82. The highest BCUT2D eigenvalue weighted by Gasteiger charge is 2.12. The van der Waals surface area contributed by atoms with Crippen LogP contribution in [-0.4, -0.2) is 28.4 Å². The van der Waals surface area contributed by atoms with Gasteiger partial charge in [0, 0.05) is 11.7 Å². The predicted octanol–water partition coefficient (Wildman–Crippen LogP) is 0.137. The Morgan fingerprint density at radius 1 is 1.58 bits per heavy atom. The van der Waals surface area contributed by atoms with E-state index in [0.29, 0.717) is 15.5 Å². The highest BCUT2D eigenvalue weighted by molar-refractivity contribution is 7.98. The molecule has 0 aliphatic carbocycles. The molecule has 6 heteroatoms. The minimum absolute atomic E-state index is 0.304. The van der Waals surface area contributed by atoms with Gasteiger partial charge in [0.2, 0.25) is 0 Å². The fourth-order valence-corrected chi connectivity index (χ4v) is 1.55. The quantitative estimate of drug-likeness (QED) is 0.530. The third kappa shape index (κ3) is 2.14. The summed E-state index contributed by atoms with van der Waals surface area (Å²) in [5.74, 6) is 0. The van der Waals surface area contributed by atoms with E-state index < -0.39 is 7.12 Å². The van der Waals surface area contributed by atoms with Gasteiger partial charge in [0.25, 0.3) is 0 Å². The molecule has 1 rings (SSSR count). The summed E-state index contributed by atoms with van der Waals surface area (Å²) in [5.41, 5.74) is 0.304. The molecule has 1 aromatic heterocycles. The summed E-state index contributed by atoms with van der Waals surface area (Å²) in [6, 6.07) is 1.49. The van der Waals surface area contributed by atoms with Gasteiger partial charge in [-0.2, -0.15) is 0 Å². The normalized spacial score (nSPS) is 10.0. The van der Waals surface area contributed by atoms with Crippen molar-refractivity contribution in [2.24, 2.45) is 0 Å². The highest BCUT2D eigenvalue weighted by atomic mass is 35.5. The number of hydrogen-bond donors (Lipinski definition) is 2. The molecule has 1 heterocycles. The first-order chi connectivity index (χ1) is 5.65. The van der Waals surface area contributed by atoms with Gasteiger partial charge in [-0.05, 0) is 12.3 Å². The molecule has 0 saturated carbocycles. The standard InChI is InChI=1S/C6H7BClNO2S/c1-12-6-5(8)2-4(3-9-6)7(10)11/h2-3,10-11H,1H3. The molecule has 1 aromatic rings. The van der Waals surface area contributed by atoms with Gasteiger partial charge in [-0.25, -0.2) is 4.98 Å². The van der Waals surface area contributed by atoms with Crippen molar-refractivity contribution in [3.8, 4) is 0 Å². The van der Waals surface area contributed by atoms with E-state index in [2.05, 4.69) is 4.98 Å². The maximum atomic E-state index is 8.76. The van der Waals surface area contributed by atoms with Crippen LogP contribution in [0.2, 0.25) is 5.02 Å². The minimum Gasteiger partial charge on any atom is -0.423 e. The predicted molar refractivity (Wildman–Crippen MR) is 50.9 cm³/mol. The summed E-state index contributed by atoms with van der Waals surface area (Å²) in [4.78, 5) is 3.93. The third-order valence-corrected chi connectivity index (χ3v) is 2.43. The second-order valence-corrected chi connectivity index (χ2v) is 3.34. The molecule has 0 radical (unpaired) electrons. The number of pyridine rings is 1. The average Bonchev–Trinajstić information content (AvgIpc) is 2.04. The van der Waals surface area contributed by atoms with Crippen molar-refractivity contribution in [3.05, 3.63) is 17.3 Å². The molecule has 0 unspecified atom stereocenters. The van der Waals surface area contributed by atoms with Crippen molar-refractivity contribution in [1.29, 1.82) is 0 Å². The van der Waals surface area contributed by atoms with Crippen LogP contribution in [0.5, 0.6) is 0 Å². The second-order valence-electron chi connectivity index (χ2n) is 2.13. The number of thioether (sulfide) groups is 1. The largest absolute Gasteiger partial charge is 0.490 e. The summed E-state index contributed by atoms with van der Waals surface area (Å²) in [5, 5.41) is 18.6. The maximum absolute atomic E-state index is 8.76. The fourth-order valence-electron chi connectivity index (χ4n) is 0.732. The van der Waals surface area contributed by atoms with Crippen molar-refractivity contribution < 1.29 is 10.0 Å². The van der Waals surface area contributed by atoms with Crippen LogP contribution >= 0.6 is 23.4 Å². The second kappa shape index (κ2) is 4.14. The topological polar surface area (TPSA) is 53.4 Å². The van der Waals surface area contributed by atoms with E-state index in [1.165, 1.54) is 24.0 Å². The van der Waals surface area contributed by atoms with Gasteiger partial charge in [-0.3, -0.25) is 0 Å². The number of nitrogens with zero attached hydrogens (tertiary/aromatic N) is 1. The first kappa shape index (κ1) is 9.86. The Kier molecular flexibility index (Phi) is 3.40. The molecule has 3 nitrogen and oxygen atoms in total. The molecule has 0 bridgehead atoms. The lowest BCUT2D eigenvalue weighted by Crippen LogP contribution is -2.30. The molecule has 0 spiro atoms. The first-order valence-corrected chi connectivity index (χ1v) is 4.81. The van der Waals surface area contributed by atoms with E-state index in [4.69, 9.17) is 21.6 Å². The zero-order valence-corrected chi connectivity index (χ0v) is 7.93. The van der Waals surface area contributed by atoms with Crippen LogP contribution in [0, 0.1) is 0 Å². The van der Waals surface area contributed by atoms with Crippen LogP contribution in [0.3, 0.4) is 0 Å². The minimum atomic E-state index is -1.51. The van der Waals surface area contributed by atoms with Crippen LogP contribution < -0.4 is 5.46 Å². The van der Waals surface area contributed by atoms with Gasteiger partial charge >= 0.3 is 7.12 Å². The monoisotopic (exact) mass is 203 g/mol. The van der Waals surface area contributed by atoms with Crippen LogP contribution in [-0.2, 0) is 0 Å². The number of hydrogen-bond acceptors (Lipinski definition) is 4. The molecule has 0 aliphatic rings. The Balaban J connectivity index is 3.02. The summed E-state index contributed by atoms with van der Waals surface area (Å²) in [6.45, 7) is 0. The SMILES string of the molecule is CSc1ncc(B(O)O)cc1Cl. The van der Waals surface area contributed by atoms with Crippen molar-refractivity contribution in [3.63, 3.8) is 0 Å². The zero-order valence-electron chi connectivity index (χ0n) is 6.36. The summed E-state index contributed by atoms with van der Waals surface area (Å²) in [7, 11) is -1.51. The Bertz CT molecular complexity index is 284. The molecule has 0 amide bonds. The highest BCUT2D eigenvalue weighted by Crippen LogP contribution is 2.20. The average molecular weight is 203 g/mol. The van der Waals surface area contributed by atoms with E-state index in [0.717, 1.165) is 0 Å². The fraction of sp³-hybridized carbons (Fsp3) is 0.167. The molecule has 0 fully saturated rings. The first-order valence-electron chi connectivity index (χ1n) is 3.20. The van der Waals surface area contributed by atoms with E-state index >= 15 is 0 Å². The Hall–Kier alpha value is -0.225. The summed E-state index contributed by atoms with van der Waals surface area (Å²) >= 11 is 7.18. The molecule has 0 atom stereocenters. The molecule has 64 valence electrons. The molecule has 0 aromatic carbocycles. The van der Waals surface area contributed by atoms with Gasteiger partial charge in [0.1, 0.15) is 5.03 Å². The molecule has 12 heavy (non-hydrogen) atoms. The van der Waals surface area contributed by atoms with Gasteiger partial charge in [0.05, 0.1) is 5.02 Å². The van der Waals surface area contributed by atoms with Crippen molar-refractivity contribution in [2.75, 3.05) is 6.26 Å². The number of rotatable bonds is 2. The Morgan fingerprint density at radius 3 is 2.67 bits per heavy atom. The van der Waals surface area contributed by atoms with E-state index in [1.807, 2.05) is 6.26 Å². The van der Waals surface area contributed by atoms with E-state index in [1.54, 1.807) is 0 Å². The summed E-state index contributed by atoms with van der Waals surface area (Å²) < 4.78 is 0. The van der Waals surface area contributed by atoms with Crippen molar-refractivity contribution in [2.45, 2.75) is 5.03 Å². The van der Waals surface area contributed by atoms with Crippen LogP contribution in [0.4, 0.5) is 0 Å². The number of halogens is 1. The maximum Gasteiger partial charge on any atom is 0.490 e. The van der Waals surface area contributed by atoms with Crippen LogP contribution in [0.15, 0.2) is 17.3 Å². The lowest BCUT2D eigenvalue weighted by molar-refractivity contribution is 0.425. The Morgan fingerprint density at radius 2 is 2.25 bits per heavy atom. The van der Waals surface area contributed by atoms with Gasteiger partial charge in [-0.1, -0.05) is 11.6 Å². The molecule has 0 aliphatic heterocycles. The van der Waals surface area contributed by atoms with E-state index in [9.17, 15) is 0 Å². The van der Waals surface area contributed by atoms with Crippen LogP contribution in [0.1, 0.15) is 0 Å². The van der Waals surface area contributed by atoms with Crippen molar-refractivity contribution in [1.82, 2.24) is 4.98 Å². The summed E-state index contributed by atoms with van der Waals surface area (Å²) in [6.07, 6.45) is 3.24. The van der Waals surface area contributed by atoms with Crippen LogP contribution in [0.25, 0.3) is 0 Å². The number of aromatic nitrogens is 1. The van der Waals surface area contributed by atoms with Gasteiger partial charge in [0.15, 0.2) is 0 Å². The van der Waals surface area contributed by atoms with Crippen molar-refractivity contribution >= 4 is 35.9 Å². The molecular formula is C6H7BClNO2S. The molecule has 0 saturated heterocycles. The zero-order chi connectivity index (χ0) is 9.14. The Labute approximate surface area is 79.9 Å². The third-order valence-electron chi connectivity index (χ3n) is 1.32. The van der Waals surface area contributed by atoms with E-state index in [-0.39, 0.29) is 0 Å². The smallest absolute Gasteiger partial charge is 0.423 e. The molecular weight excluding hydrogens is 196 g/mol. The molecule has 2 N–H and O–H groups in total. The van der Waals surface area contributed by atoms with Gasteiger partial charge < -0.3 is 10.0 Å². The van der Waals surface area contributed by atoms with Gasteiger partial charge in [-0.15, -0.1) is 11.8 Å².